The summed E-state index contributed by atoms with van der Waals surface area (Å²) in [6.07, 6.45) is 6.18. The van der Waals surface area contributed by atoms with E-state index >= 15 is 0 Å². The van der Waals surface area contributed by atoms with Gasteiger partial charge in [-0.3, -0.25) is 0 Å². The summed E-state index contributed by atoms with van der Waals surface area (Å²) < 4.78 is 22.2. The number of aromatic nitrogens is 13. The van der Waals surface area contributed by atoms with E-state index in [1.54, 1.807) is 56.0 Å². The molecule has 0 N–H and O–H groups in total. The minimum Gasteiger partial charge on any atom is -0.449 e. The Balaban J connectivity index is 0.000000625. The third-order valence-electron chi connectivity index (χ3n) is 6.36. The van der Waals surface area contributed by atoms with Gasteiger partial charge >= 0.3 is 0 Å². The largest absolute Gasteiger partial charge is 0.449 e. The predicted octanol–water partition coefficient (Wildman–Crippen LogP) is 9.94. The molecule has 0 atom stereocenters. The summed E-state index contributed by atoms with van der Waals surface area (Å²) in [5, 5.41) is 13.1. The fourth-order valence-electron chi connectivity index (χ4n) is 2.93. The molecule has 8 aromatic heterocycles. The van der Waals surface area contributed by atoms with Crippen molar-refractivity contribution in [2.24, 2.45) is 7.05 Å². The third-order valence-corrected chi connectivity index (χ3v) is 9.50. The molecule has 0 saturated heterocycles. The highest BCUT2D eigenvalue weighted by molar-refractivity contribution is 7.10. The van der Waals surface area contributed by atoms with Gasteiger partial charge in [0.15, 0.2) is 18.6 Å². The first-order valence-corrected chi connectivity index (χ1v) is 20.9. The number of hydrogen-bond acceptors (Lipinski definition) is 19. The van der Waals surface area contributed by atoms with Gasteiger partial charge in [-0.25, -0.2) is 29.9 Å². The van der Waals surface area contributed by atoms with Crippen LogP contribution in [0.25, 0.3) is 0 Å². The fraction of sp³-hybridized carbons (Fsp3) is 0.459. The van der Waals surface area contributed by atoms with Crippen LogP contribution < -0.4 is 0 Å². The van der Waals surface area contributed by atoms with E-state index in [-0.39, 0.29) is 0 Å². The molecule has 0 saturated carbocycles. The lowest BCUT2D eigenvalue weighted by atomic mass is 10.4. The first-order valence-electron chi connectivity index (χ1n) is 17.6. The van der Waals surface area contributed by atoms with E-state index in [0.717, 1.165) is 56.0 Å². The maximum atomic E-state index is 4.85. The average molecular weight is 860 g/mol. The summed E-state index contributed by atoms with van der Waals surface area (Å²) in [6.45, 7) is 31.0. The zero-order chi connectivity index (χ0) is 43.3. The second kappa shape index (κ2) is 30.2. The highest BCUT2D eigenvalue weighted by atomic mass is 32.1. The second-order valence-electron chi connectivity index (χ2n) is 11.1. The minimum atomic E-state index is 0.623. The molecule has 0 unspecified atom stereocenters. The molecule has 0 aromatic carbocycles. The van der Waals surface area contributed by atoms with Gasteiger partial charge in [-0.15, -0.1) is 22.7 Å². The molecule has 312 valence electrons. The first kappa shape index (κ1) is 52.1. The van der Waals surface area contributed by atoms with Gasteiger partial charge in [0.25, 0.3) is 0 Å². The highest BCUT2D eigenvalue weighted by Crippen LogP contribution is 2.09. The molecular formula is C37H57N13O3S4. The second-order valence-corrected chi connectivity index (χ2v) is 15.1. The smallest absolute Gasteiger partial charge is 0.223 e. The molecule has 8 aromatic rings. The summed E-state index contributed by atoms with van der Waals surface area (Å²) in [5.41, 5.74) is 7.99. The maximum absolute atomic E-state index is 4.85. The van der Waals surface area contributed by atoms with E-state index in [1.165, 1.54) is 50.4 Å². The van der Waals surface area contributed by atoms with Crippen LogP contribution in [0.4, 0.5) is 0 Å². The van der Waals surface area contributed by atoms with E-state index in [4.69, 9.17) is 8.83 Å². The van der Waals surface area contributed by atoms with Crippen LogP contribution in [0.1, 0.15) is 91.3 Å². The van der Waals surface area contributed by atoms with E-state index in [0.29, 0.717) is 11.7 Å². The number of oxazole rings is 2. The van der Waals surface area contributed by atoms with Crippen LogP contribution in [0.3, 0.4) is 0 Å². The quantitative estimate of drug-likeness (QED) is 0.139. The first-order chi connectivity index (χ1) is 27.0. The molecule has 8 heterocycles. The van der Waals surface area contributed by atoms with Crippen molar-refractivity contribution in [3.63, 3.8) is 0 Å². The molecule has 0 bridgehead atoms. The van der Waals surface area contributed by atoms with Crippen molar-refractivity contribution in [2.75, 3.05) is 0 Å². The van der Waals surface area contributed by atoms with Gasteiger partial charge in [0, 0.05) is 23.7 Å². The Labute approximate surface area is 352 Å². The van der Waals surface area contributed by atoms with E-state index in [2.05, 4.69) is 77.4 Å². The molecule has 0 aliphatic carbocycles. The fourth-order valence-corrected chi connectivity index (χ4v) is 5.07. The summed E-state index contributed by atoms with van der Waals surface area (Å²) in [7, 11) is 1.78. The molecule has 8 rings (SSSR count). The van der Waals surface area contributed by atoms with Crippen LogP contribution in [0.2, 0.25) is 0 Å². The van der Waals surface area contributed by atoms with E-state index < -0.39 is 0 Å². The highest BCUT2D eigenvalue weighted by Gasteiger charge is 1.93. The monoisotopic (exact) mass is 859 g/mol. The minimum absolute atomic E-state index is 0.623. The van der Waals surface area contributed by atoms with Crippen molar-refractivity contribution in [1.29, 1.82) is 0 Å². The molecule has 16 nitrogen and oxygen atoms in total. The van der Waals surface area contributed by atoms with Crippen molar-refractivity contribution >= 4 is 45.7 Å². The van der Waals surface area contributed by atoms with Crippen LogP contribution in [0.15, 0.2) is 49.6 Å². The zero-order valence-electron chi connectivity index (χ0n) is 36.1. The molecule has 57 heavy (non-hydrogen) atoms. The van der Waals surface area contributed by atoms with Crippen molar-refractivity contribution in [3.8, 4) is 0 Å². The van der Waals surface area contributed by atoms with Gasteiger partial charge in [-0.05, 0) is 113 Å². The lowest BCUT2D eigenvalue weighted by molar-refractivity contribution is 0.389. The number of thiazole rings is 2. The molecule has 0 aliphatic heterocycles. The number of aryl methyl sites for hydroxylation is 15. The standard InChI is InChI=1S/2C5H7NO.2C5H7NS.C4H6N2O.2C4H6N2S.C3H5N3.C2H6/c4*1-4-5(2)7-3-6-4;3*1-3-5-4(2)7-6-3;1-6-4-2-3-5-6;1-2/h4*3H,1-2H3;3*1-2H3;2-3H,1H3;1-2H3. The van der Waals surface area contributed by atoms with Crippen LogP contribution in [0.5, 0.6) is 0 Å². The molecule has 0 radical (unpaired) electrons. The Morgan fingerprint density at radius 3 is 1.00 bits per heavy atom. The molecular weight excluding hydrogens is 803 g/mol. The van der Waals surface area contributed by atoms with Crippen LogP contribution >= 0.6 is 45.7 Å². The molecule has 0 aliphatic rings. The number of hydrogen-bond donors (Lipinski definition) is 0. The van der Waals surface area contributed by atoms with E-state index in [1.807, 2.05) is 94.1 Å². The van der Waals surface area contributed by atoms with Gasteiger partial charge in [0.1, 0.15) is 33.2 Å². The van der Waals surface area contributed by atoms with Gasteiger partial charge in [-0.1, -0.05) is 19.0 Å². The van der Waals surface area contributed by atoms with Gasteiger partial charge < -0.3 is 13.4 Å². The Morgan fingerprint density at radius 2 is 0.912 bits per heavy atom. The molecule has 0 amide bonds. The Morgan fingerprint density at radius 1 is 0.509 bits per heavy atom. The Kier molecular flexibility index (Phi) is 27.6. The van der Waals surface area contributed by atoms with Crippen LogP contribution in [-0.4, -0.2) is 63.8 Å². The van der Waals surface area contributed by atoms with Crippen molar-refractivity contribution in [2.45, 2.75) is 111 Å². The zero-order valence-corrected chi connectivity index (χ0v) is 39.4. The third kappa shape index (κ3) is 25.8. The lowest BCUT2D eigenvalue weighted by Gasteiger charge is -1.77. The predicted molar refractivity (Wildman–Crippen MR) is 230 cm³/mol. The summed E-state index contributed by atoms with van der Waals surface area (Å²) in [5.74, 6) is 4.88. The topological polar surface area (TPSA) is 199 Å². The molecule has 0 spiro atoms. The van der Waals surface area contributed by atoms with Gasteiger partial charge in [0.05, 0.1) is 46.2 Å². The average Bonchev–Trinajstić information content (AvgIpc) is 4.07. The SMILES string of the molecule is CC.Cc1ncoc1C.Cc1ncoc1C.Cc1ncsc1C.Cc1ncsc1C.Cc1noc(C)n1.Cc1nsc(C)n1.Cc1nsc(C)n1.Cn1nccn1. The normalized spacial score (nSPS) is 9.14. The Hall–Kier alpha value is -4.92. The summed E-state index contributed by atoms with van der Waals surface area (Å²) >= 11 is 6.27. The molecule has 20 heteroatoms. The van der Waals surface area contributed by atoms with Crippen LogP contribution in [0, 0.1) is 96.9 Å². The Bertz CT molecular complexity index is 1760. The van der Waals surface area contributed by atoms with Crippen LogP contribution in [-0.2, 0) is 7.05 Å². The number of nitrogens with zero attached hydrogens (tertiary/aromatic N) is 13. The van der Waals surface area contributed by atoms with Crippen molar-refractivity contribution in [3.05, 3.63) is 114 Å². The molecule has 0 fully saturated rings. The summed E-state index contributed by atoms with van der Waals surface area (Å²) in [4.78, 5) is 31.8. The maximum Gasteiger partial charge on any atom is 0.223 e. The van der Waals surface area contributed by atoms with Crippen molar-refractivity contribution in [1.82, 2.24) is 63.8 Å². The lowest BCUT2D eigenvalue weighted by Crippen LogP contribution is -1.89. The van der Waals surface area contributed by atoms with Gasteiger partial charge in [0.2, 0.25) is 5.89 Å². The van der Waals surface area contributed by atoms with Gasteiger partial charge in [-0.2, -0.15) is 28.7 Å². The number of rotatable bonds is 0. The van der Waals surface area contributed by atoms with E-state index in [9.17, 15) is 0 Å². The summed E-state index contributed by atoms with van der Waals surface area (Å²) in [6, 6.07) is 0. The van der Waals surface area contributed by atoms with Crippen molar-refractivity contribution < 1.29 is 13.4 Å².